The van der Waals surface area contributed by atoms with E-state index < -0.39 is 11.6 Å². The Morgan fingerprint density at radius 3 is 2.24 bits per heavy atom. The summed E-state index contributed by atoms with van der Waals surface area (Å²) in [6.07, 6.45) is 5.68. The fraction of sp³-hybridized carbons (Fsp3) is 0.571. The average Bonchev–Trinajstić information content (AvgIpc) is 2.35. The van der Waals surface area contributed by atoms with Crippen LogP contribution in [0.25, 0.3) is 0 Å². The van der Waals surface area contributed by atoms with Gasteiger partial charge < -0.3 is 5.32 Å². The fourth-order valence-corrected chi connectivity index (χ4v) is 2.89. The number of benzene rings is 1. The van der Waals surface area contributed by atoms with Crippen LogP contribution in [-0.2, 0) is 0 Å². The molecule has 1 atom stereocenters. The first-order valence-electron chi connectivity index (χ1n) is 6.35. The van der Waals surface area contributed by atoms with Gasteiger partial charge in [0.25, 0.3) is 0 Å². The van der Waals surface area contributed by atoms with Crippen LogP contribution in [0.1, 0.15) is 43.7 Å². The van der Waals surface area contributed by atoms with Gasteiger partial charge in [-0.15, -0.1) is 0 Å². The van der Waals surface area contributed by atoms with Crippen molar-refractivity contribution < 1.29 is 8.78 Å². The third kappa shape index (κ3) is 2.65. The zero-order valence-corrected chi connectivity index (χ0v) is 10.2. The standard InChI is InChI=1S/C14H19F2N/c1-17-14(10-6-3-2-4-7-10)13-11(15)8-5-9-12(13)16/h5,8-10,14,17H,2-4,6-7H2,1H3. The van der Waals surface area contributed by atoms with E-state index in [4.69, 9.17) is 0 Å². The molecule has 0 radical (unpaired) electrons. The van der Waals surface area contributed by atoms with E-state index in [1.165, 1.54) is 37.5 Å². The molecule has 1 nitrogen and oxygen atoms in total. The number of rotatable bonds is 3. The van der Waals surface area contributed by atoms with Crippen molar-refractivity contribution in [2.45, 2.75) is 38.1 Å². The molecule has 0 heterocycles. The molecule has 17 heavy (non-hydrogen) atoms. The summed E-state index contributed by atoms with van der Waals surface area (Å²) in [4.78, 5) is 0. The van der Waals surface area contributed by atoms with Crippen LogP contribution in [-0.4, -0.2) is 7.05 Å². The summed E-state index contributed by atoms with van der Waals surface area (Å²) in [5, 5.41) is 3.09. The Bertz CT molecular complexity index is 352. The Morgan fingerprint density at radius 1 is 1.12 bits per heavy atom. The molecule has 0 aliphatic heterocycles. The lowest BCUT2D eigenvalue weighted by Crippen LogP contribution is -2.28. The van der Waals surface area contributed by atoms with Crippen molar-refractivity contribution in [2.75, 3.05) is 7.05 Å². The van der Waals surface area contributed by atoms with Gasteiger partial charge in [-0.1, -0.05) is 25.3 Å². The van der Waals surface area contributed by atoms with Crippen LogP contribution in [0.15, 0.2) is 18.2 Å². The quantitative estimate of drug-likeness (QED) is 0.845. The maximum atomic E-state index is 13.8. The second-order valence-corrected chi connectivity index (χ2v) is 4.80. The molecule has 0 saturated heterocycles. The summed E-state index contributed by atoms with van der Waals surface area (Å²) in [6, 6.07) is 3.90. The monoisotopic (exact) mass is 239 g/mol. The molecule has 1 saturated carbocycles. The molecule has 1 aromatic rings. The van der Waals surface area contributed by atoms with Crippen LogP contribution in [0.2, 0.25) is 0 Å². The molecule has 1 aromatic carbocycles. The summed E-state index contributed by atoms with van der Waals surface area (Å²) in [6.45, 7) is 0. The molecular formula is C14H19F2N. The highest BCUT2D eigenvalue weighted by atomic mass is 19.1. The molecule has 94 valence electrons. The Hall–Kier alpha value is -0.960. The van der Waals surface area contributed by atoms with Crippen molar-refractivity contribution in [3.63, 3.8) is 0 Å². The minimum Gasteiger partial charge on any atom is -0.313 e. The van der Waals surface area contributed by atoms with Crippen molar-refractivity contribution in [1.82, 2.24) is 5.32 Å². The summed E-state index contributed by atoms with van der Waals surface area (Å²) < 4.78 is 27.5. The van der Waals surface area contributed by atoms with Crippen LogP contribution >= 0.6 is 0 Å². The van der Waals surface area contributed by atoms with E-state index in [0.717, 1.165) is 12.8 Å². The Morgan fingerprint density at radius 2 is 1.71 bits per heavy atom. The third-order valence-electron chi connectivity index (χ3n) is 3.74. The highest BCUT2D eigenvalue weighted by Gasteiger charge is 2.28. The minimum absolute atomic E-state index is 0.198. The summed E-state index contributed by atoms with van der Waals surface area (Å²) in [5.74, 6) is -0.523. The lowest BCUT2D eigenvalue weighted by Gasteiger charge is -2.30. The largest absolute Gasteiger partial charge is 0.313 e. The van der Waals surface area contributed by atoms with Crippen LogP contribution in [0, 0.1) is 17.6 Å². The lowest BCUT2D eigenvalue weighted by atomic mass is 9.81. The molecule has 1 unspecified atom stereocenters. The van der Waals surface area contributed by atoms with Crippen LogP contribution in [0.4, 0.5) is 8.78 Å². The average molecular weight is 239 g/mol. The van der Waals surface area contributed by atoms with Gasteiger partial charge in [0.1, 0.15) is 11.6 Å². The van der Waals surface area contributed by atoms with E-state index in [2.05, 4.69) is 5.32 Å². The molecule has 3 heteroatoms. The van der Waals surface area contributed by atoms with Crippen molar-refractivity contribution >= 4 is 0 Å². The molecule has 1 aliphatic rings. The maximum absolute atomic E-state index is 13.8. The molecule has 1 N–H and O–H groups in total. The van der Waals surface area contributed by atoms with Gasteiger partial charge in [0.2, 0.25) is 0 Å². The molecule has 0 bridgehead atoms. The molecule has 1 fully saturated rings. The lowest BCUT2D eigenvalue weighted by molar-refractivity contribution is 0.271. The maximum Gasteiger partial charge on any atom is 0.130 e. The number of nitrogens with one attached hydrogen (secondary N) is 1. The summed E-state index contributed by atoms with van der Waals surface area (Å²) in [5.41, 5.74) is 0.210. The Kier molecular flexibility index (Phi) is 4.11. The van der Waals surface area contributed by atoms with Crippen molar-refractivity contribution in [1.29, 1.82) is 0 Å². The van der Waals surface area contributed by atoms with Crippen LogP contribution in [0.3, 0.4) is 0 Å². The molecule has 2 rings (SSSR count). The van der Waals surface area contributed by atoms with E-state index in [-0.39, 0.29) is 11.6 Å². The second-order valence-electron chi connectivity index (χ2n) is 4.80. The molecule has 0 aromatic heterocycles. The molecule has 0 amide bonds. The predicted molar refractivity (Wildman–Crippen MR) is 64.7 cm³/mol. The van der Waals surface area contributed by atoms with Gasteiger partial charge in [-0.05, 0) is 37.9 Å². The van der Waals surface area contributed by atoms with Crippen molar-refractivity contribution in [3.05, 3.63) is 35.4 Å². The van der Waals surface area contributed by atoms with E-state index in [1.54, 1.807) is 7.05 Å². The number of hydrogen-bond donors (Lipinski definition) is 1. The molecular weight excluding hydrogens is 220 g/mol. The van der Waals surface area contributed by atoms with Gasteiger partial charge in [-0.25, -0.2) is 8.78 Å². The minimum atomic E-state index is -0.435. The molecule has 0 spiro atoms. The van der Waals surface area contributed by atoms with E-state index >= 15 is 0 Å². The molecule has 1 aliphatic carbocycles. The predicted octanol–water partition coefficient (Wildman–Crippen LogP) is 3.81. The van der Waals surface area contributed by atoms with Gasteiger partial charge in [0.05, 0.1) is 0 Å². The first-order valence-corrected chi connectivity index (χ1v) is 6.35. The zero-order chi connectivity index (χ0) is 12.3. The van der Waals surface area contributed by atoms with Gasteiger partial charge in [0, 0.05) is 11.6 Å². The van der Waals surface area contributed by atoms with E-state index in [0.29, 0.717) is 5.92 Å². The fourth-order valence-electron chi connectivity index (χ4n) is 2.89. The van der Waals surface area contributed by atoms with Gasteiger partial charge in [-0.2, -0.15) is 0 Å². The van der Waals surface area contributed by atoms with E-state index in [1.807, 2.05) is 0 Å². The second kappa shape index (κ2) is 5.58. The smallest absolute Gasteiger partial charge is 0.130 e. The topological polar surface area (TPSA) is 12.0 Å². The number of halogens is 2. The van der Waals surface area contributed by atoms with Gasteiger partial charge >= 0.3 is 0 Å². The zero-order valence-electron chi connectivity index (χ0n) is 10.2. The van der Waals surface area contributed by atoms with E-state index in [9.17, 15) is 8.78 Å². The SMILES string of the molecule is CNC(c1c(F)cccc1F)C1CCCCC1. The van der Waals surface area contributed by atoms with Crippen molar-refractivity contribution in [3.8, 4) is 0 Å². The van der Waals surface area contributed by atoms with Crippen LogP contribution < -0.4 is 5.32 Å². The summed E-state index contributed by atoms with van der Waals surface area (Å²) >= 11 is 0. The normalized spacial score (nSPS) is 19.2. The van der Waals surface area contributed by atoms with Crippen LogP contribution in [0.5, 0.6) is 0 Å². The summed E-state index contributed by atoms with van der Waals surface area (Å²) in [7, 11) is 1.78. The number of hydrogen-bond acceptors (Lipinski definition) is 1. The van der Waals surface area contributed by atoms with Gasteiger partial charge in [0.15, 0.2) is 0 Å². The Labute approximate surface area is 101 Å². The first-order chi connectivity index (χ1) is 8.24. The Balaban J connectivity index is 2.27. The highest BCUT2D eigenvalue weighted by Crippen LogP contribution is 2.36. The van der Waals surface area contributed by atoms with Crippen molar-refractivity contribution in [2.24, 2.45) is 5.92 Å². The highest BCUT2D eigenvalue weighted by molar-refractivity contribution is 5.24. The van der Waals surface area contributed by atoms with Gasteiger partial charge in [-0.3, -0.25) is 0 Å². The first kappa shape index (κ1) is 12.5. The third-order valence-corrected chi connectivity index (χ3v) is 3.74.